The van der Waals surface area contributed by atoms with Gasteiger partial charge in [0.25, 0.3) is 0 Å². The first-order valence-corrected chi connectivity index (χ1v) is 7.51. The molecule has 2 aromatic rings. The van der Waals surface area contributed by atoms with Crippen LogP contribution in [0.5, 0.6) is 0 Å². The molecular weight excluding hydrogens is 250 g/mol. The highest BCUT2D eigenvalue weighted by Gasteiger charge is 2.19. The van der Waals surface area contributed by atoms with Gasteiger partial charge in [0.05, 0.1) is 5.52 Å². The number of para-hydroxylation sites is 1. The van der Waals surface area contributed by atoms with Gasteiger partial charge in [-0.1, -0.05) is 52.8 Å². The maximum absolute atomic E-state index is 4.94. The minimum Gasteiger partial charge on any atom is -0.252 e. The summed E-state index contributed by atoms with van der Waals surface area (Å²) in [6.45, 7) is 11.1. The van der Waals surface area contributed by atoms with Crippen molar-refractivity contribution in [3.05, 3.63) is 41.1 Å². The smallest absolute Gasteiger partial charge is 0.0743 e. The average Bonchev–Trinajstić information content (AvgIpc) is 2.35. The van der Waals surface area contributed by atoms with Crippen LogP contribution in [0.3, 0.4) is 0 Å². The Bertz CT molecular complexity index is 594. The number of rotatable bonds is 2. The summed E-state index contributed by atoms with van der Waals surface area (Å²) in [5.74, 6) is 1.24. The van der Waals surface area contributed by atoms with E-state index in [9.17, 15) is 0 Å². The zero-order valence-corrected chi connectivity index (χ0v) is 13.4. The number of fused-ring (bicyclic) bond motifs is 1. The molecule has 1 heterocycles. The van der Waals surface area contributed by atoms with Crippen LogP contribution in [0.15, 0.2) is 24.3 Å². The Morgan fingerprint density at radius 3 is 2.42 bits per heavy atom. The fourth-order valence-electron chi connectivity index (χ4n) is 2.32. The SMILES string of the molecule is CC(C)c1cccc2c(CS)cc(C(C)(C)C)nc12. The maximum Gasteiger partial charge on any atom is 0.0743 e. The van der Waals surface area contributed by atoms with Gasteiger partial charge in [-0.05, 0) is 23.1 Å². The van der Waals surface area contributed by atoms with Crippen molar-refractivity contribution in [3.8, 4) is 0 Å². The Balaban J connectivity index is 2.82. The molecule has 0 aliphatic carbocycles. The number of pyridine rings is 1. The summed E-state index contributed by atoms with van der Waals surface area (Å²) in [6, 6.07) is 8.68. The summed E-state index contributed by atoms with van der Waals surface area (Å²) in [4.78, 5) is 4.94. The molecule has 1 aromatic heterocycles. The Labute approximate surface area is 121 Å². The van der Waals surface area contributed by atoms with Gasteiger partial charge in [0.15, 0.2) is 0 Å². The first kappa shape index (κ1) is 14.4. The van der Waals surface area contributed by atoms with Crippen LogP contribution in [0.1, 0.15) is 57.4 Å². The summed E-state index contributed by atoms with van der Waals surface area (Å²) in [5, 5.41) is 1.24. The summed E-state index contributed by atoms with van der Waals surface area (Å²) in [5.41, 5.74) is 4.97. The lowest BCUT2D eigenvalue weighted by Crippen LogP contribution is -2.14. The van der Waals surface area contributed by atoms with Gasteiger partial charge < -0.3 is 0 Å². The van der Waals surface area contributed by atoms with Crippen molar-refractivity contribution in [2.75, 3.05) is 0 Å². The molecule has 0 unspecified atom stereocenters. The third kappa shape index (κ3) is 2.79. The monoisotopic (exact) mass is 273 g/mol. The molecule has 19 heavy (non-hydrogen) atoms. The largest absolute Gasteiger partial charge is 0.252 e. The van der Waals surface area contributed by atoms with E-state index in [1.165, 1.54) is 16.5 Å². The summed E-state index contributed by atoms with van der Waals surface area (Å²) >= 11 is 4.49. The molecule has 0 saturated carbocycles. The van der Waals surface area contributed by atoms with E-state index in [0.717, 1.165) is 17.0 Å². The average molecular weight is 273 g/mol. The van der Waals surface area contributed by atoms with Crippen LogP contribution in [0.25, 0.3) is 10.9 Å². The number of benzene rings is 1. The molecule has 2 rings (SSSR count). The van der Waals surface area contributed by atoms with Crippen molar-refractivity contribution in [3.63, 3.8) is 0 Å². The molecule has 0 aliphatic rings. The predicted octanol–water partition coefficient (Wildman–Crippen LogP) is 5.09. The van der Waals surface area contributed by atoms with Crippen LogP contribution < -0.4 is 0 Å². The summed E-state index contributed by atoms with van der Waals surface area (Å²) in [6.07, 6.45) is 0. The van der Waals surface area contributed by atoms with E-state index in [-0.39, 0.29) is 5.41 Å². The number of thiol groups is 1. The van der Waals surface area contributed by atoms with Crippen LogP contribution in [-0.4, -0.2) is 4.98 Å². The molecule has 0 N–H and O–H groups in total. The standard InChI is InChI=1S/C17H23NS/c1-11(2)13-7-6-8-14-12(10-19)9-15(17(3,4)5)18-16(13)14/h6-9,11,19H,10H2,1-5H3. The van der Waals surface area contributed by atoms with E-state index >= 15 is 0 Å². The number of hydrogen-bond donors (Lipinski definition) is 1. The molecule has 0 bridgehead atoms. The van der Waals surface area contributed by atoms with E-state index < -0.39 is 0 Å². The first-order chi connectivity index (χ1) is 8.84. The second-order valence-electron chi connectivity index (χ2n) is 6.47. The lowest BCUT2D eigenvalue weighted by molar-refractivity contribution is 0.570. The third-order valence-corrected chi connectivity index (χ3v) is 3.86. The van der Waals surface area contributed by atoms with Crippen molar-refractivity contribution >= 4 is 23.5 Å². The molecule has 1 nitrogen and oxygen atoms in total. The van der Waals surface area contributed by atoms with Crippen molar-refractivity contribution in [2.45, 2.75) is 51.7 Å². The van der Waals surface area contributed by atoms with Gasteiger partial charge in [-0.25, -0.2) is 0 Å². The van der Waals surface area contributed by atoms with E-state index in [4.69, 9.17) is 4.98 Å². The highest BCUT2D eigenvalue weighted by Crippen LogP contribution is 2.31. The van der Waals surface area contributed by atoms with Crippen LogP contribution in [0, 0.1) is 0 Å². The fraction of sp³-hybridized carbons (Fsp3) is 0.471. The Kier molecular flexibility index (Phi) is 3.91. The summed E-state index contributed by atoms with van der Waals surface area (Å²) in [7, 11) is 0. The second kappa shape index (κ2) is 5.16. The Morgan fingerprint density at radius 1 is 1.21 bits per heavy atom. The van der Waals surface area contributed by atoms with E-state index in [0.29, 0.717) is 5.92 Å². The Hall–Kier alpha value is -1.02. The van der Waals surface area contributed by atoms with E-state index in [2.05, 4.69) is 71.5 Å². The zero-order chi connectivity index (χ0) is 14.2. The molecule has 0 amide bonds. The summed E-state index contributed by atoms with van der Waals surface area (Å²) < 4.78 is 0. The molecule has 0 aliphatic heterocycles. The number of hydrogen-bond acceptors (Lipinski definition) is 2. The van der Waals surface area contributed by atoms with E-state index in [1.807, 2.05) is 0 Å². The topological polar surface area (TPSA) is 12.9 Å². The maximum atomic E-state index is 4.94. The molecule has 102 valence electrons. The number of aromatic nitrogens is 1. The van der Waals surface area contributed by atoms with Crippen molar-refractivity contribution in [2.24, 2.45) is 0 Å². The van der Waals surface area contributed by atoms with Crippen LogP contribution >= 0.6 is 12.6 Å². The molecule has 0 fully saturated rings. The quantitative estimate of drug-likeness (QED) is 0.752. The lowest BCUT2D eigenvalue weighted by Gasteiger charge is -2.21. The van der Waals surface area contributed by atoms with Crippen LogP contribution in [-0.2, 0) is 11.2 Å². The van der Waals surface area contributed by atoms with Gasteiger partial charge in [0, 0.05) is 22.2 Å². The van der Waals surface area contributed by atoms with Crippen LogP contribution in [0.2, 0.25) is 0 Å². The zero-order valence-electron chi connectivity index (χ0n) is 12.5. The van der Waals surface area contributed by atoms with Gasteiger partial charge in [0.2, 0.25) is 0 Å². The fourth-order valence-corrected chi connectivity index (χ4v) is 2.58. The predicted molar refractivity (Wildman–Crippen MR) is 87.2 cm³/mol. The van der Waals surface area contributed by atoms with Crippen LogP contribution in [0.4, 0.5) is 0 Å². The number of nitrogens with zero attached hydrogens (tertiary/aromatic N) is 1. The lowest BCUT2D eigenvalue weighted by atomic mass is 9.89. The molecule has 0 radical (unpaired) electrons. The van der Waals surface area contributed by atoms with Crippen molar-refractivity contribution in [1.82, 2.24) is 4.98 Å². The van der Waals surface area contributed by atoms with Crippen molar-refractivity contribution < 1.29 is 0 Å². The Morgan fingerprint density at radius 2 is 1.89 bits per heavy atom. The molecule has 1 aromatic carbocycles. The van der Waals surface area contributed by atoms with E-state index in [1.54, 1.807) is 0 Å². The van der Waals surface area contributed by atoms with Gasteiger partial charge in [0.1, 0.15) is 0 Å². The van der Waals surface area contributed by atoms with Gasteiger partial charge >= 0.3 is 0 Å². The van der Waals surface area contributed by atoms with Gasteiger partial charge in [-0.3, -0.25) is 4.98 Å². The molecule has 0 saturated heterocycles. The third-order valence-electron chi connectivity index (χ3n) is 3.52. The molecule has 0 spiro atoms. The normalized spacial score (nSPS) is 12.4. The molecule has 0 atom stereocenters. The van der Waals surface area contributed by atoms with Crippen molar-refractivity contribution in [1.29, 1.82) is 0 Å². The second-order valence-corrected chi connectivity index (χ2v) is 6.79. The molecular formula is C17H23NS. The highest BCUT2D eigenvalue weighted by atomic mass is 32.1. The highest BCUT2D eigenvalue weighted by molar-refractivity contribution is 7.79. The first-order valence-electron chi connectivity index (χ1n) is 6.88. The van der Waals surface area contributed by atoms with Gasteiger partial charge in [-0.15, -0.1) is 0 Å². The van der Waals surface area contributed by atoms with Gasteiger partial charge in [-0.2, -0.15) is 12.6 Å². The minimum atomic E-state index is 0.0655. The minimum absolute atomic E-state index is 0.0655. The molecule has 2 heteroatoms.